The second kappa shape index (κ2) is 10.2. The summed E-state index contributed by atoms with van der Waals surface area (Å²) in [7, 11) is 0. The lowest BCUT2D eigenvalue weighted by Crippen LogP contribution is -1.90. The summed E-state index contributed by atoms with van der Waals surface area (Å²) in [5.74, 6) is 0. The molecule has 11 rings (SSSR count). The Balaban J connectivity index is 1.14. The van der Waals surface area contributed by atoms with Gasteiger partial charge in [-0.3, -0.25) is 0 Å². The van der Waals surface area contributed by atoms with Crippen molar-refractivity contribution in [3.05, 3.63) is 158 Å². The predicted molar refractivity (Wildman–Crippen MR) is 208 cm³/mol. The average molecular weight is 643 g/mol. The van der Waals surface area contributed by atoms with Gasteiger partial charge in [0.15, 0.2) is 11.2 Å². The van der Waals surface area contributed by atoms with E-state index in [9.17, 15) is 0 Å². The van der Waals surface area contributed by atoms with Crippen LogP contribution in [0, 0.1) is 0 Å². The van der Waals surface area contributed by atoms with E-state index in [2.05, 4.69) is 146 Å². The van der Waals surface area contributed by atoms with Crippen LogP contribution >= 0.6 is 11.3 Å². The number of thiophene rings is 1. The highest BCUT2D eigenvalue weighted by molar-refractivity contribution is 7.25. The fourth-order valence-electron chi connectivity index (χ4n) is 7.95. The number of hydrogen-bond acceptors (Lipinski definition) is 3. The molecule has 0 aliphatic rings. The van der Waals surface area contributed by atoms with E-state index in [1.54, 1.807) is 0 Å². The molecule has 0 saturated heterocycles. The first-order chi connectivity index (χ1) is 24.3. The molecule has 0 aliphatic carbocycles. The molecular formula is C46H26O2S. The lowest BCUT2D eigenvalue weighted by molar-refractivity contribution is 0.600. The number of furan rings is 2. The highest BCUT2D eigenvalue weighted by atomic mass is 32.1. The van der Waals surface area contributed by atoms with Crippen LogP contribution in [0.3, 0.4) is 0 Å². The molecule has 0 spiro atoms. The fraction of sp³-hybridized carbons (Fsp3) is 0. The van der Waals surface area contributed by atoms with Crippen LogP contribution in [0.5, 0.6) is 0 Å². The van der Waals surface area contributed by atoms with E-state index in [1.165, 1.54) is 64.0 Å². The van der Waals surface area contributed by atoms with Crippen molar-refractivity contribution in [2.45, 2.75) is 0 Å². The minimum Gasteiger partial charge on any atom is -0.460 e. The molecule has 0 saturated carbocycles. The molecule has 0 fully saturated rings. The van der Waals surface area contributed by atoms with Crippen LogP contribution in [0.1, 0.15) is 0 Å². The second-order valence-corrected chi connectivity index (χ2v) is 13.9. The lowest BCUT2D eigenvalue weighted by Gasteiger charge is -2.18. The van der Waals surface area contributed by atoms with Crippen LogP contribution in [0.4, 0.5) is 0 Å². The highest BCUT2D eigenvalue weighted by Crippen LogP contribution is 2.47. The maximum absolute atomic E-state index is 6.52. The van der Waals surface area contributed by atoms with Crippen LogP contribution in [0.2, 0.25) is 0 Å². The van der Waals surface area contributed by atoms with Crippen LogP contribution in [0.25, 0.3) is 108 Å². The van der Waals surface area contributed by atoms with Gasteiger partial charge in [0.25, 0.3) is 0 Å². The summed E-state index contributed by atoms with van der Waals surface area (Å²) < 4.78 is 15.3. The van der Waals surface area contributed by atoms with Gasteiger partial charge in [-0.2, -0.15) is 0 Å². The molecular weight excluding hydrogens is 617 g/mol. The van der Waals surface area contributed by atoms with Gasteiger partial charge in [0.1, 0.15) is 5.58 Å². The van der Waals surface area contributed by atoms with E-state index in [0.717, 1.165) is 44.0 Å². The quantitative estimate of drug-likeness (QED) is 0.179. The molecule has 0 bridgehead atoms. The molecule has 0 amide bonds. The Hall–Kier alpha value is -6.16. The molecule has 3 aromatic heterocycles. The average Bonchev–Trinajstić information content (AvgIpc) is 3.87. The zero-order chi connectivity index (χ0) is 32.1. The predicted octanol–water partition coefficient (Wildman–Crippen LogP) is 14.0. The first kappa shape index (κ1) is 26.9. The molecule has 0 aliphatic heterocycles. The van der Waals surface area contributed by atoms with Gasteiger partial charge in [-0.1, -0.05) is 115 Å². The molecule has 0 radical (unpaired) electrons. The molecule has 49 heavy (non-hydrogen) atoms. The van der Waals surface area contributed by atoms with Gasteiger partial charge < -0.3 is 8.83 Å². The van der Waals surface area contributed by atoms with Crippen molar-refractivity contribution < 1.29 is 8.83 Å². The zero-order valence-electron chi connectivity index (χ0n) is 26.2. The molecule has 2 nitrogen and oxygen atoms in total. The third-order valence-corrected chi connectivity index (χ3v) is 11.3. The SMILES string of the molecule is c1ccc(-c2coc3c2ccc2c4cc(-c5c6ccccc6c(-c6ccc7c(c6)sc6ccccc67)c6ccccc56)ccc4oc23)cc1. The lowest BCUT2D eigenvalue weighted by atomic mass is 9.85. The van der Waals surface area contributed by atoms with Crippen LogP contribution in [0.15, 0.2) is 167 Å². The van der Waals surface area contributed by atoms with Crippen molar-refractivity contribution in [3.63, 3.8) is 0 Å². The van der Waals surface area contributed by atoms with Gasteiger partial charge in [0.2, 0.25) is 0 Å². The molecule has 3 heterocycles. The van der Waals surface area contributed by atoms with E-state index in [0.29, 0.717) is 0 Å². The van der Waals surface area contributed by atoms with Gasteiger partial charge in [0, 0.05) is 41.9 Å². The third kappa shape index (κ3) is 3.88. The van der Waals surface area contributed by atoms with Gasteiger partial charge in [-0.25, -0.2) is 0 Å². The normalized spacial score (nSPS) is 12.1. The molecule has 0 atom stereocenters. The van der Waals surface area contributed by atoms with Crippen molar-refractivity contribution in [1.29, 1.82) is 0 Å². The minimum atomic E-state index is 0.782. The van der Waals surface area contributed by atoms with Gasteiger partial charge in [0.05, 0.1) is 6.26 Å². The molecule has 228 valence electrons. The van der Waals surface area contributed by atoms with E-state index < -0.39 is 0 Å². The van der Waals surface area contributed by atoms with E-state index in [1.807, 2.05) is 23.7 Å². The Morgan fingerprint density at radius 1 is 0.367 bits per heavy atom. The van der Waals surface area contributed by atoms with Gasteiger partial charge in [-0.05, 0) is 85.8 Å². The largest absolute Gasteiger partial charge is 0.460 e. The van der Waals surface area contributed by atoms with Crippen LogP contribution < -0.4 is 0 Å². The van der Waals surface area contributed by atoms with Crippen LogP contribution in [-0.2, 0) is 0 Å². The van der Waals surface area contributed by atoms with Crippen molar-refractivity contribution in [3.8, 4) is 33.4 Å². The van der Waals surface area contributed by atoms with Crippen molar-refractivity contribution in [1.82, 2.24) is 0 Å². The molecule has 11 aromatic rings. The smallest absolute Gasteiger partial charge is 0.178 e. The fourth-order valence-corrected chi connectivity index (χ4v) is 9.10. The second-order valence-electron chi connectivity index (χ2n) is 12.8. The third-order valence-electron chi connectivity index (χ3n) is 10.2. The topological polar surface area (TPSA) is 26.3 Å². The summed E-state index contributed by atoms with van der Waals surface area (Å²) in [6.07, 6.45) is 1.84. The number of benzene rings is 8. The molecule has 8 aromatic carbocycles. The standard InChI is InChI=1S/C46H26O2S/c1-2-10-27(11-3-1)39-26-47-45-37(39)22-21-36-38-24-28(19-23-40(38)48-46(36)45)43-32-13-4-6-15-34(32)44(35-16-7-5-14-33(35)43)29-18-20-31-30-12-8-9-17-41(30)49-42(31)25-29/h1-26H. The highest BCUT2D eigenvalue weighted by Gasteiger charge is 2.20. The Morgan fingerprint density at radius 2 is 0.939 bits per heavy atom. The first-order valence-corrected chi connectivity index (χ1v) is 17.4. The molecule has 3 heteroatoms. The summed E-state index contributed by atoms with van der Waals surface area (Å²) in [5.41, 5.74) is 9.54. The van der Waals surface area contributed by atoms with E-state index in [-0.39, 0.29) is 0 Å². The monoisotopic (exact) mass is 642 g/mol. The Kier molecular flexibility index (Phi) is 5.57. The van der Waals surface area contributed by atoms with Gasteiger partial charge >= 0.3 is 0 Å². The Labute approximate surface area is 285 Å². The molecule has 0 N–H and O–H groups in total. The number of fused-ring (bicyclic) bond motifs is 10. The minimum absolute atomic E-state index is 0.782. The van der Waals surface area contributed by atoms with Crippen molar-refractivity contribution in [2.75, 3.05) is 0 Å². The summed E-state index contributed by atoms with van der Waals surface area (Å²) in [6.45, 7) is 0. The summed E-state index contributed by atoms with van der Waals surface area (Å²) >= 11 is 1.87. The summed E-state index contributed by atoms with van der Waals surface area (Å²) in [6, 6.07) is 54.8. The number of rotatable bonds is 3. The van der Waals surface area contributed by atoms with Crippen LogP contribution in [-0.4, -0.2) is 0 Å². The Bertz CT molecular complexity index is 3050. The maximum Gasteiger partial charge on any atom is 0.178 e. The van der Waals surface area contributed by atoms with Gasteiger partial charge in [-0.15, -0.1) is 11.3 Å². The first-order valence-electron chi connectivity index (χ1n) is 16.6. The summed E-state index contributed by atoms with van der Waals surface area (Å²) in [4.78, 5) is 0. The maximum atomic E-state index is 6.52. The summed E-state index contributed by atoms with van der Waals surface area (Å²) in [5, 5.41) is 10.8. The van der Waals surface area contributed by atoms with Crippen molar-refractivity contribution in [2.24, 2.45) is 0 Å². The molecule has 0 unspecified atom stereocenters. The van der Waals surface area contributed by atoms with E-state index >= 15 is 0 Å². The van der Waals surface area contributed by atoms with Crippen molar-refractivity contribution >= 4 is 86.0 Å². The zero-order valence-corrected chi connectivity index (χ0v) is 27.1. The number of hydrogen-bond donors (Lipinski definition) is 0. The Morgan fingerprint density at radius 3 is 1.67 bits per heavy atom. The van der Waals surface area contributed by atoms with E-state index in [4.69, 9.17) is 8.83 Å².